The summed E-state index contributed by atoms with van der Waals surface area (Å²) in [7, 11) is 0. The molecule has 1 heterocycles. The second-order valence-corrected chi connectivity index (χ2v) is 5.90. The number of hydrogen-bond donors (Lipinski definition) is 1. The van der Waals surface area contributed by atoms with Gasteiger partial charge in [0.15, 0.2) is 6.29 Å². The summed E-state index contributed by atoms with van der Waals surface area (Å²) in [6, 6.07) is 0. The maximum Gasteiger partial charge on any atom is 0.158 e. The van der Waals surface area contributed by atoms with Crippen LogP contribution in [0.4, 0.5) is 0 Å². The highest BCUT2D eigenvalue weighted by Gasteiger charge is 2.34. The first-order valence-electron chi connectivity index (χ1n) is 7.84. The van der Waals surface area contributed by atoms with E-state index in [2.05, 4.69) is 0 Å². The molecular weight excluding hydrogens is 226 g/mol. The molecule has 0 radical (unpaired) electrons. The van der Waals surface area contributed by atoms with Gasteiger partial charge in [-0.15, -0.1) is 0 Å². The molecule has 18 heavy (non-hydrogen) atoms. The number of ether oxygens (including phenoxy) is 2. The summed E-state index contributed by atoms with van der Waals surface area (Å²) in [4.78, 5) is 0. The topological polar surface area (TPSA) is 44.5 Å². The average molecular weight is 255 g/mol. The molecule has 2 rings (SSSR count). The molecule has 106 valence electrons. The van der Waals surface area contributed by atoms with E-state index in [-0.39, 0.29) is 11.9 Å². The van der Waals surface area contributed by atoms with Crippen LogP contribution in [0.1, 0.15) is 70.6 Å². The summed E-state index contributed by atoms with van der Waals surface area (Å²) in [5, 5.41) is 0. The lowest BCUT2D eigenvalue weighted by molar-refractivity contribution is -0.232. The van der Waals surface area contributed by atoms with E-state index in [4.69, 9.17) is 15.2 Å². The summed E-state index contributed by atoms with van der Waals surface area (Å²) in [6.45, 7) is 1.59. The summed E-state index contributed by atoms with van der Waals surface area (Å²) in [6.07, 6.45) is 13.5. The van der Waals surface area contributed by atoms with Crippen LogP contribution in [0.15, 0.2) is 0 Å². The van der Waals surface area contributed by atoms with Gasteiger partial charge < -0.3 is 15.2 Å². The molecule has 0 bridgehead atoms. The molecule has 1 aliphatic heterocycles. The Balaban J connectivity index is 1.93. The van der Waals surface area contributed by atoms with Crippen LogP contribution in [-0.4, -0.2) is 25.0 Å². The van der Waals surface area contributed by atoms with Gasteiger partial charge in [-0.05, 0) is 45.1 Å². The van der Waals surface area contributed by atoms with Gasteiger partial charge in [0.2, 0.25) is 0 Å². The van der Waals surface area contributed by atoms with Crippen LogP contribution in [0.5, 0.6) is 0 Å². The van der Waals surface area contributed by atoms with E-state index >= 15 is 0 Å². The Kier molecular flexibility index (Phi) is 5.93. The Bertz CT molecular complexity index is 219. The molecule has 0 amide bonds. The first-order chi connectivity index (χ1) is 8.85. The third kappa shape index (κ3) is 4.22. The zero-order valence-corrected chi connectivity index (χ0v) is 11.7. The maximum atomic E-state index is 6.39. The molecule has 0 aromatic rings. The Morgan fingerprint density at radius 3 is 2.33 bits per heavy atom. The second-order valence-electron chi connectivity index (χ2n) is 5.90. The molecule has 2 N–H and O–H groups in total. The fourth-order valence-corrected chi connectivity index (χ4v) is 3.32. The van der Waals surface area contributed by atoms with Gasteiger partial charge in [-0.2, -0.15) is 0 Å². The third-order valence-electron chi connectivity index (χ3n) is 4.38. The third-order valence-corrected chi connectivity index (χ3v) is 4.38. The highest BCUT2D eigenvalue weighted by molar-refractivity contribution is 4.83. The molecule has 1 saturated heterocycles. The predicted octanol–water partition coefficient (Wildman–Crippen LogP) is 3.36. The van der Waals surface area contributed by atoms with Crippen molar-refractivity contribution >= 4 is 0 Å². The van der Waals surface area contributed by atoms with Crippen LogP contribution < -0.4 is 5.73 Å². The standard InChI is InChI=1S/C15H29NO2/c16-12-11-15(9-5-2-1-3-6-10-15)18-14-8-4-7-13-17-14/h14H,1-13,16H2. The van der Waals surface area contributed by atoms with E-state index in [1.54, 1.807) is 0 Å². The Labute approximate surface area is 111 Å². The van der Waals surface area contributed by atoms with Crippen molar-refractivity contribution in [3.63, 3.8) is 0 Å². The second kappa shape index (κ2) is 7.46. The van der Waals surface area contributed by atoms with Gasteiger partial charge in [-0.1, -0.05) is 32.1 Å². The molecule has 3 heteroatoms. The smallest absolute Gasteiger partial charge is 0.158 e. The van der Waals surface area contributed by atoms with Crippen LogP contribution in [0.25, 0.3) is 0 Å². The zero-order chi connectivity index (χ0) is 12.7. The molecule has 1 saturated carbocycles. The molecule has 3 nitrogen and oxygen atoms in total. The minimum absolute atomic E-state index is 0.0111. The summed E-state index contributed by atoms with van der Waals surface area (Å²) in [5.41, 5.74) is 5.83. The van der Waals surface area contributed by atoms with Gasteiger partial charge in [0.25, 0.3) is 0 Å². The predicted molar refractivity (Wildman–Crippen MR) is 73.4 cm³/mol. The maximum absolute atomic E-state index is 6.39. The van der Waals surface area contributed by atoms with E-state index in [0.717, 1.165) is 26.0 Å². The van der Waals surface area contributed by atoms with Gasteiger partial charge in [-0.25, -0.2) is 0 Å². The Hall–Kier alpha value is -0.120. The van der Waals surface area contributed by atoms with Crippen LogP contribution in [0.3, 0.4) is 0 Å². The lowest BCUT2D eigenvalue weighted by Gasteiger charge is -2.39. The largest absolute Gasteiger partial charge is 0.353 e. The van der Waals surface area contributed by atoms with E-state index in [0.29, 0.717) is 0 Å². The zero-order valence-electron chi connectivity index (χ0n) is 11.7. The molecular formula is C15H29NO2. The number of hydrogen-bond acceptors (Lipinski definition) is 3. The van der Waals surface area contributed by atoms with Crippen molar-refractivity contribution in [3.8, 4) is 0 Å². The first-order valence-corrected chi connectivity index (χ1v) is 7.84. The lowest BCUT2D eigenvalue weighted by atomic mass is 9.84. The molecule has 0 aromatic carbocycles. The van der Waals surface area contributed by atoms with Gasteiger partial charge in [0, 0.05) is 6.61 Å². The van der Waals surface area contributed by atoms with Crippen LogP contribution in [0, 0.1) is 0 Å². The fourth-order valence-electron chi connectivity index (χ4n) is 3.32. The minimum Gasteiger partial charge on any atom is -0.353 e. The van der Waals surface area contributed by atoms with Crippen molar-refractivity contribution < 1.29 is 9.47 Å². The highest BCUT2D eigenvalue weighted by atomic mass is 16.7. The molecule has 0 aromatic heterocycles. The molecule has 2 aliphatic rings. The van der Waals surface area contributed by atoms with E-state index < -0.39 is 0 Å². The quantitative estimate of drug-likeness (QED) is 0.837. The number of rotatable bonds is 4. The number of nitrogens with two attached hydrogens (primary N) is 1. The van der Waals surface area contributed by atoms with Gasteiger partial charge in [0.1, 0.15) is 0 Å². The molecule has 0 spiro atoms. The van der Waals surface area contributed by atoms with Crippen molar-refractivity contribution in [1.29, 1.82) is 0 Å². The van der Waals surface area contributed by atoms with Gasteiger partial charge in [-0.3, -0.25) is 0 Å². The van der Waals surface area contributed by atoms with Crippen LogP contribution in [-0.2, 0) is 9.47 Å². The molecule has 1 aliphatic carbocycles. The van der Waals surface area contributed by atoms with Crippen molar-refractivity contribution in [3.05, 3.63) is 0 Å². The van der Waals surface area contributed by atoms with E-state index in [1.165, 1.54) is 57.8 Å². The molecule has 1 unspecified atom stereocenters. The highest BCUT2D eigenvalue weighted by Crippen LogP contribution is 2.35. The SMILES string of the molecule is NCCC1(OC2CCCCO2)CCCCCCC1. The van der Waals surface area contributed by atoms with Crippen molar-refractivity contribution in [2.24, 2.45) is 5.73 Å². The minimum atomic E-state index is 0.0111. The first kappa shape index (κ1) is 14.3. The Morgan fingerprint density at radius 1 is 1.00 bits per heavy atom. The molecule has 1 atom stereocenters. The van der Waals surface area contributed by atoms with Crippen molar-refractivity contribution in [2.45, 2.75) is 82.5 Å². The van der Waals surface area contributed by atoms with Crippen LogP contribution in [0.2, 0.25) is 0 Å². The van der Waals surface area contributed by atoms with E-state index in [9.17, 15) is 0 Å². The summed E-state index contributed by atoms with van der Waals surface area (Å²) in [5.74, 6) is 0. The monoisotopic (exact) mass is 255 g/mol. The average Bonchev–Trinajstić information content (AvgIpc) is 2.36. The summed E-state index contributed by atoms with van der Waals surface area (Å²) < 4.78 is 12.2. The lowest BCUT2D eigenvalue weighted by Crippen LogP contribution is -2.41. The Morgan fingerprint density at radius 2 is 1.72 bits per heavy atom. The molecule has 2 fully saturated rings. The van der Waals surface area contributed by atoms with Gasteiger partial charge in [0.05, 0.1) is 5.60 Å². The fraction of sp³-hybridized carbons (Fsp3) is 1.00. The van der Waals surface area contributed by atoms with Crippen LogP contribution >= 0.6 is 0 Å². The van der Waals surface area contributed by atoms with Gasteiger partial charge >= 0.3 is 0 Å². The van der Waals surface area contributed by atoms with E-state index in [1.807, 2.05) is 0 Å². The normalized spacial score (nSPS) is 29.5. The van der Waals surface area contributed by atoms with Crippen molar-refractivity contribution in [2.75, 3.05) is 13.2 Å². The summed E-state index contributed by atoms with van der Waals surface area (Å²) >= 11 is 0. The van der Waals surface area contributed by atoms with Crippen molar-refractivity contribution in [1.82, 2.24) is 0 Å².